The molecular formula is C16H23ClO. The third kappa shape index (κ3) is 2.38. The molecule has 2 rings (SSSR count). The lowest BCUT2D eigenvalue weighted by atomic mass is 9.65. The molecule has 1 aromatic carbocycles. The average Bonchev–Trinajstić information content (AvgIpc) is 2.38. The first kappa shape index (κ1) is 13.7. The van der Waals surface area contributed by atoms with E-state index >= 15 is 0 Å². The van der Waals surface area contributed by atoms with Gasteiger partial charge in [-0.25, -0.2) is 0 Å². The van der Waals surface area contributed by atoms with Crippen molar-refractivity contribution in [3.8, 4) is 5.75 Å². The Balaban J connectivity index is 2.02. The van der Waals surface area contributed by atoms with Crippen molar-refractivity contribution in [3.05, 3.63) is 29.8 Å². The van der Waals surface area contributed by atoms with E-state index in [1.54, 1.807) is 0 Å². The molecule has 0 aliphatic heterocycles. The number of halogens is 1. The first-order valence-corrected chi connectivity index (χ1v) is 7.31. The molecule has 3 atom stereocenters. The summed E-state index contributed by atoms with van der Waals surface area (Å²) in [6.45, 7) is 8.82. The van der Waals surface area contributed by atoms with Gasteiger partial charge in [0.2, 0.25) is 0 Å². The number of rotatable bonds is 4. The number of hydrogen-bond acceptors (Lipinski definition) is 1. The van der Waals surface area contributed by atoms with Crippen LogP contribution < -0.4 is 4.74 Å². The maximum Gasteiger partial charge on any atom is 0.119 e. The van der Waals surface area contributed by atoms with Gasteiger partial charge in [-0.1, -0.05) is 39.8 Å². The Labute approximate surface area is 115 Å². The van der Waals surface area contributed by atoms with Crippen molar-refractivity contribution in [1.29, 1.82) is 0 Å². The maximum absolute atomic E-state index is 6.30. The van der Waals surface area contributed by atoms with E-state index in [1.165, 1.54) is 5.56 Å². The number of alkyl halides is 1. The first-order valence-electron chi connectivity index (χ1n) is 6.88. The van der Waals surface area contributed by atoms with Crippen LogP contribution in [0.25, 0.3) is 0 Å². The molecule has 1 aliphatic carbocycles. The second-order valence-electron chi connectivity index (χ2n) is 5.89. The molecule has 1 aromatic rings. The van der Waals surface area contributed by atoms with E-state index in [2.05, 4.69) is 52.0 Å². The van der Waals surface area contributed by atoms with Gasteiger partial charge in [-0.2, -0.15) is 0 Å². The first-order chi connectivity index (χ1) is 8.47. The third-order valence-electron chi connectivity index (χ3n) is 4.46. The second kappa shape index (κ2) is 5.13. The van der Waals surface area contributed by atoms with Crippen molar-refractivity contribution < 1.29 is 4.74 Å². The molecule has 100 valence electrons. The van der Waals surface area contributed by atoms with Gasteiger partial charge >= 0.3 is 0 Å². The molecule has 0 spiro atoms. The van der Waals surface area contributed by atoms with Crippen LogP contribution in [0.4, 0.5) is 0 Å². The lowest BCUT2D eigenvalue weighted by molar-refractivity contribution is -0.0294. The summed E-state index contributed by atoms with van der Waals surface area (Å²) >= 11 is 6.30. The van der Waals surface area contributed by atoms with E-state index in [4.69, 9.17) is 16.3 Å². The Hall–Kier alpha value is -0.690. The van der Waals surface area contributed by atoms with Gasteiger partial charge in [-0.15, -0.1) is 11.6 Å². The van der Waals surface area contributed by atoms with Crippen LogP contribution in [0.5, 0.6) is 5.75 Å². The van der Waals surface area contributed by atoms with Crippen molar-refractivity contribution in [3.63, 3.8) is 0 Å². The van der Waals surface area contributed by atoms with Crippen LogP contribution in [-0.2, 0) is 0 Å². The highest BCUT2D eigenvalue weighted by Gasteiger charge is 2.51. The minimum absolute atomic E-state index is 0.123. The van der Waals surface area contributed by atoms with Crippen LogP contribution in [0.3, 0.4) is 0 Å². The zero-order chi connectivity index (χ0) is 13.3. The van der Waals surface area contributed by atoms with Gasteiger partial charge in [-0.05, 0) is 30.0 Å². The number of hydrogen-bond donors (Lipinski definition) is 0. The molecule has 0 heterocycles. The van der Waals surface area contributed by atoms with Crippen LogP contribution in [0.15, 0.2) is 24.3 Å². The number of benzene rings is 1. The Morgan fingerprint density at radius 3 is 2.39 bits per heavy atom. The molecule has 18 heavy (non-hydrogen) atoms. The molecule has 0 aromatic heterocycles. The minimum Gasteiger partial charge on any atom is -0.490 e. The van der Waals surface area contributed by atoms with Crippen molar-refractivity contribution in [2.75, 3.05) is 0 Å². The fourth-order valence-electron chi connectivity index (χ4n) is 2.50. The summed E-state index contributed by atoms with van der Waals surface area (Å²) < 4.78 is 6.08. The summed E-state index contributed by atoms with van der Waals surface area (Å²) in [5.74, 6) is 1.53. The maximum atomic E-state index is 6.30. The highest BCUT2D eigenvalue weighted by Crippen LogP contribution is 2.49. The Morgan fingerprint density at radius 1 is 1.33 bits per heavy atom. The lowest BCUT2D eigenvalue weighted by Crippen LogP contribution is -2.55. The summed E-state index contributed by atoms with van der Waals surface area (Å²) in [6.07, 6.45) is 2.28. The van der Waals surface area contributed by atoms with Crippen LogP contribution in [0.2, 0.25) is 0 Å². The fourth-order valence-corrected chi connectivity index (χ4v) is 2.95. The Morgan fingerprint density at radius 2 is 1.94 bits per heavy atom. The highest BCUT2D eigenvalue weighted by atomic mass is 35.5. The van der Waals surface area contributed by atoms with Crippen molar-refractivity contribution in [1.82, 2.24) is 0 Å². The zero-order valence-electron chi connectivity index (χ0n) is 11.7. The summed E-state index contributed by atoms with van der Waals surface area (Å²) in [6, 6.07) is 8.46. The lowest BCUT2D eigenvalue weighted by Gasteiger charge is -2.50. The van der Waals surface area contributed by atoms with Crippen molar-refractivity contribution in [2.45, 2.75) is 57.9 Å². The second-order valence-corrected chi connectivity index (χ2v) is 6.42. The van der Waals surface area contributed by atoms with Gasteiger partial charge in [0, 0.05) is 17.2 Å². The van der Waals surface area contributed by atoms with Gasteiger partial charge < -0.3 is 4.74 Å². The third-order valence-corrected chi connectivity index (χ3v) is 5.14. The molecule has 0 amide bonds. The molecule has 0 N–H and O–H groups in total. The van der Waals surface area contributed by atoms with Gasteiger partial charge in [-0.3, -0.25) is 0 Å². The molecule has 0 radical (unpaired) electrons. The average molecular weight is 267 g/mol. The Kier molecular flexibility index (Phi) is 3.91. The van der Waals surface area contributed by atoms with E-state index in [9.17, 15) is 0 Å². The number of ether oxygens (including phenoxy) is 1. The molecule has 0 saturated heterocycles. The molecule has 1 aliphatic rings. The van der Waals surface area contributed by atoms with E-state index < -0.39 is 0 Å². The van der Waals surface area contributed by atoms with E-state index in [0.717, 1.165) is 18.6 Å². The zero-order valence-corrected chi connectivity index (χ0v) is 12.5. The van der Waals surface area contributed by atoms with Gasteiger partial charge in [0.25, 0.3) is 0 Å². The molecule has 1 nitrogen and oxygen atoms in total. The van der Waals surface area contributed by atoms with Crippen LogP contribution in [0.1, 0.15) is 52.0 Å². The normalized spacial score (nSPS) is 31.2. The monoisotopic (exact) mass is 266 g/mol. The largest absolute Gasteiger partial charge is 0.490 e. The molecule has 2 heteroatoms. The van der Waals surface area contributed by atoms with Crippen LogP contribution in [-0.4, -0.2) is 11.5 Å². The smallest absolute Gasteiger partial charge is 0.119 e. The van der Waals surface area contributed by atoms with Gasteiger partial charge in [0.1, 0.15) is 11.9 Å². The predicted octanol–water partition coefficient (Wildman–Crippen LogP) is 4.98. The van der Waals surface area contributed by atoms with Crippen molar-refractivity contribution >= 4 is 11.6 Å². The fraction of sp³-hybridized carbons (Fsp3) is 0.625. The van der Waals surface area contributed by atoms with Crippen LogP contribution >= 0.6 is 11.6 Å². The highest BCUT2D eigenvalue weighted by molar-refractivity contribution is 6.21. The topological polar surface area (TPSA) is 9.23 Å². The van der Waals surface area contributed by atoms with E-state index in [-0.39, 0.29) is 16.9 Å². The van der Waals surface area contributed by atoms with E-state index in [0.29, 0.717) is 5.92 Å². The summed E-state index contributed by atoms with van der Waals surface area (Å²) in [7, 11) is 0. The summed E-state index contributed by atoms with van der Waals surface area (Å²) in [4.78, 5) is 0. The molecule has 3 unspecified atom stereocenters. The minimum atomic E-state index is 0.123. The standard InChI is InChI=1S/C16H23ClO/c1-5-16(4)14(17)10-15(16)18-13-8-6-12(7-9-13)11(2)3/h6-9,11,14-15H,5,10H2,1-4H3. The Bertz CT molecular complexity index is 398. The predicted molar refractivity (Wildman–Crippen MR) is 77.6 cm³/mol. The molecule has 1 fully saturated rings. The van der Waals surface area contributed by atoms with Gasteiger partial charge in [0.05, 0.1) is 0 Å². The van der Waals surface area contributed by atoms with Crippen LogP contribution in [0, 0.1) is 5.41 Å². The van der Waals surface area contributed by atoms with E-state index in [1.807, 2.05) is 0 Å². The SMILES string of the molecule is CCC1(C)C(Cl)CC1Oc1ccc(C(C)C)cc1. The quantitative estimate of drug-likeness (QED) is 0.698. The molecular weight excluding hydrogens is 244 g/mol. The molecule has 1 saturated carbocycles. The van der Waals surface area contributed by atoms with Gasteiger partial charge in [0.15, 0.2) is 0 Å². The molecule has 0 bridgehead atoms. The summed E-state index contributed by atoms with van der Waals surface area (Å²) in [5, 5.41) is 0.252. The van der Waals surface area contributed by atoms with Crippen molar-refractivity contribution in [2.24, 2.45) is 5.41 Å². The summed E-state index contributed by atoms with van der Waals surface area (Å²) in [5.41, 5.74) is 1.47.